The Hall–Kier alpha value is -0.300. The molecule has 0 aromatic carbocycles. The third kappa shape index (κ3) is 1.11. The number of fused-ring (bicyclic) bond motifs is 1. The highest BCUT2D eigenvalue weighted by Crippen LogP contribution is 2.44. The van der Waals surface area contributed by atoms with Gasteiger partial charge in [-0.1, -0.05) is 18.6 Å². The third-order valence-electron chi connectivity index (χ3n) is 3.44. The van der Waals surface area contributed by atoms with Crippen LogP contribution in [0.3, 0.4) is 0 Å². The van der Waals surface area contributed by atoms with Gasteiger partial charge in [0.05, 0.1) is 5.60 Å². The van der Waals surface area contributed by atoms with E-state index in [1.165, 1.54) is 18.4 Å². The van der Waals surface area contributed by atoms with Crippen molar-refractivity contribution in [1.82, 2.24) is 0 Å². The fourth-order valence-electron chi connectivity index (χ4n) is 3.00. The van der Waals surface area contributed by atoms with Crippen LogP contribution in [0.4, 0.5) is 0 Å². The lowest BCUT2D eigenvalue weighted by Crippen LogP contribution is -2.36. The average Bonchev–Trinajstić information content (AvgIpc) is 2.29. The molecule has 1 saturated heterocycles. The van der Waals surface area contributed by atoms with E-state index in [4.69, 9.17) is 4.74 Å². The van der Waals surface area contributed by atoms with Crippen molar-refractivity contribution in [3.63, 3.8) is 0 Å². The number of allylic oxidation sites excluding steroid dienone is 1. The summed E-state index contributed by atoms with van der Waals surface area (Å²) < 4.78 is 5.81. The van der Waals surface area contributed by atoms with Gasteiger partial charge in [0.25, 0.3) is 0 Å². The monoisotopic (exact) mass is 166 g/mol. The molecule has 1 heterocycles. The Kier molecular flexibility index (Phi) is 1.80. The molecule has 0 spiro atoms. The van der Waals surface area contributed by atoms with Crippen molar-refractivity contribution < 1.29 is 4.74 Å². The number of hydrogen-bond acceptors (Lipinski definition) is 1. The second-order valence-electron chi connectivity index (χ2n) is 4.60. The Morgan fingerprint density at radius 3 is 3.08 bits per heavy atom. The molecule has 12 heavy (non-hydrogen) atoms. The van der Waals surface area contributed by atoms with Gasteiger partial charge in [-0.3, -0.25) is 0 Å². The standard InChI is InChI=1S/C11H18O/c1-8-6-9(2)10-4-5-12-11(10,3)7-8/h7,9-10H,4-6H2,1-3H3. The lowest BCUT2D eigenvalue weighted by atomic mass is 9.72. The van der Waals surface area contributed by atoms with Gasteiger partial charge < -0.3 is 4.74 Å². The van der Waals surface area contributed by atoms with Crippen LogP contribution in [0.25, 0.3) is 0 Å². The van der Waals surface area contributed by atoms with Gasteiger partial charge in [0.15, 0.2) is 0 Å². The largest absolute Gasteiger partial charge is 0.371 e. The summed E-state index contributed by atoms with van der Waals surface area (Å²) in [6, 6.07) is 0. The number of hydrogen-bond donors (Lipinski definition) is 0. The minimum atomic E-state index is 0.0712. The van der Waals surface area contributed by atoms with Crippen molar-refractivity contribution in [3.8, 4) is 0 Å². The molecule has 3 unspecified atom stereocenters. The number of rotatable bonds is 0. The van der Waals surface area contributed by atoms with Crippen LogP contribution in [0.1, 0.15) is 33.6 Å². The van der Waals surface area contributed by atoms with Gasteiger partial charge in [0.1, 0.15) is 0 Å². The van der Waals surface area contributed by atoms with E-state index >= 15 is 0 Å². The Labute approximate surface area is 74.8 Å². The Balaban J connectivity index is 2.31. The molecule has 0 amide bonds. The normalized spacial score (nSPS) is 47.1. The molecule has 0 aromatic heterocycles. The highest BCUT2D eigenvalue weighted by atomic mass is 16.5. The fraction of sp³-hybridized carbons (Fsp3) is 0.818. The van der Waals surface area contributed by atoms with Crippen LogP contribution in [0.15, 0.2) is 11.6 Å². The van der Waals surface area contributed by atoms with Crippen molar-refractivity contribution >= 4 is 0 Å². The first kappa shape index (κ1) is 8.31. The maximum Gasteiger partial charge on any atom is 0.0868 e. The number of ether oxygens (including phenoxy) is 1. The van der Waals surface area contributed by atoms with Gasteiger partial charge >= 0.3 is 0 Å². The van der Waals surface area contributed by atoms with Crippen molar-refractivity contribution in [2.24, 2.45) is 11.8 Å². The van der Waals surface area contributed by atoms with E-state index in [9.17, 15) is 0 Å². The SMILES string of the molecule is CC1=CC2(C)OCCC2C(C)C1. The molecule has 68 valence electrons. The van der Waals surface area contributed by atoms with Gasteiger partial charge in [0, 0.05) is 6.61 Å². The average molecular weight is 166 g/mol. The second-order valence-corrected chi connectivity index (χ2v) is 4.60. The summed E-state index contributed by atoms with van der Waals surface area (Å²) in [6.45, 7) is 7.77. The van der Waals surface area contributed by atoms with E-state index in [-0.39, 0.29) is 5.60 Å². The maximum absolute atomic E-state index is 5.81. The van der Waals surface area contributed by atoms with E-state index in [0.29, 0.717) is 0 Å². The molecular formula is C11H18O. The van der Waals surface area contributed by atoms with E-state index in [1.807, 2.05) is 0 Å². The molecular weight excluding hydrogens is 148 g/mol. The van der Waals surface area contributed by atoms with Crippen LogP contribution in [-0.4, -0.2) is 12.2 Å². The van der Waals surface area contributed by atoms with Gasteiger partial charge in [-0.2, -0.15) is 0 Å². The van der Waals surface area contributed by atoms with Gasteiger partial charge in [-0.15, -0.1) is 0 Å². The molecule has 0 saturated carbocycles. The highest BCUT2D eigenvalue weighted by Gasteiger charge is 2.43. The topological polar surface area (TPSA) is 9.23 Å². The molecule has 0 radical (unpaired) electrons. The summed E-state index contributed by atoms with van der Waals surface area (Å²) in [5, 5.41) is 0. The van der Waals surface area contributed by atoms with Gasteiger partial charge in [-0.05, 0) is 38.5 Å². The first-order valence-corrected chi connectivity index (χ1v) is 4.94. The van der Waals surface area contributed by atoms with Crippen LogP contribution in [0.2, 0.25) is 0 Å². The molecule has 1 fully saturated rings. The predicted octanol–water partition coefficient (Wildman–Crippen LogP) is 2.77. The van der Waals surface area contributed by atoms with E-state index in [1.54, 1.807) is 0 Å². The minimum absolute atomic E-state index is 0.0712. The zero-order chi connectivity index (χ0) is 8.77. The van der Waals surface area contributed by atoms with Crippen molar-refractivity contribution in [1.29, 1.82) is 0 Å². The molecule has 0 N–H and O–H groups in total. The van der Waals surface area contributed by atoms with Gasteiger partial charge in [0.2, 0.25) is 0 Å². The van der Waals surface area contributed by atoms with Crippen LogP contribution in [0.5, 0.6) is 0 Å². The van der Waals surface area contributed by atoms with Crippen LogP contribution < -0.4 is 0 Å². The Morgan fingerprint density at radius 1 is 1.58 bits per heavy atom. The molecule has 2 rings (SSSR count). The summed E-state index contributed by atoms with van der Waals surface area (Å²) in [5.41, 5.74) is 1.57. The lowest BCUT2D eigenvalue weighted by Gasteiger charge is -2.36. The van der Waals surface area contributed by atoms with E-state index in [0.717, 1.165) is 18.4 Å². The summed E-state index contributed by atoms with van der Waals surface area (Å²) in [7, 11) is 0. The molecule has 1 nitrogen and oxygen atoms in total. The molecule has 3 atom stereocenters. The molecule has 0 bridgehead atoms. The van der Waals surface area contributed by atoms with Crippen molar-refractivity contribution in [2.45, 2.75) is 39.2 Å². The molecule has 1 aliphatic carbocycles. The quantitative estimate of drug-likeness (QED) is 0.503. The van der Waals surface area contributed by atoms with E-state index in [2.05, 4.69) is 26.8 Å². The third-order valence-corrected chi connectivity index (χ3v) is 3.44. The maximum atomic E-state index is 5.81. The van der Waals surface area contributed by atoms with Crippen LogP contribution in [-0.2, 0) is 4.74 Å². The van der Waals surface area contributed by atoms with Crippen molar-refractivity contribution in [2.75, 3.05) is 6.61 Å². The highest BCUT2D eigenvalue weighted by molar-refractivity contribution is 5.18. The Morgan fingerprint density at radius 2 is 2.33 bits per heavy atom. The zero-order valence-electron chi connectivity index (χ0n) is 8.26. The molecule has 2 aliphatic rings. The first-order chi connectivity index (χ1) is 5.62. The zero-order valence-corrected chi connectivity index (χ0v) is 8.26. The summed E-state index contributed by atoms with van der Waals surface area (Å²) in [4.78, 5) is 0. The predicted molar refractivity (Wildman–Crippen MR) is 50.0 cm³/mol. The fourth-order valence-corrected chi connectivity index (χ4v) is 3.00. The molecule has 1 heteroatoms. The first-order valence-electron chi connectivity index (χ1n) is 4.94. The van der Waals surface area contributed by atoms with Crippen LogP contribution >= 0.6 is 0 Å². The summed E-state index contributed by atoms with van der Waals surface area (Å²) >= 11 is 0. The minimum Gasteiger partial charge on any atom is -0.371 e. The molecule has 1 aliphatic heterocycles. The van der Waals surface area contributed by atoms with Gasteiger partial charge in [-0.25, -0.2) is 0 Å². The van der Waals surface area contributed by atoms with Crippen molar-refractivity contribution in [3.05, 3.63) is 11.6 Å². The molecule has 0 aromatic rings. The second kappa shape index (κ2) is 2.59. The van der Waals surface area contributed by atoms with Crippen LogP contribution in [0, 0.1) is 11.8 Å². The Bertz CT molecular complexity index is 219. The van der Waals surface area contributed by atoms with E-state index < -0.39 is 0 Å². The summed E-state index contributed by atoms with van der Waals surface area (Å²) in [6.07, 6.45) is 4.86. The summed E-state index contributed by atoms with van der Waals surface area (Å²) in [5.74, 6) is 1.57. The lowest BCUT2D eigenvalue weighted by molar-refractivity contribution is 0.0169. The smallest absolute Gasteiger partial charge is 0.0868 e.